The van der Waals surface area contributed by atoms with E-state index in [1.807, 2.05) is 0 Å². The Morgan fingerprint density at radius 2 is 1.64 bits per heavy atom. The molecule has 0 radical (unpaired) electrons. The molecule has 4 rings (SSSR count). The van der Waals surface area contributed by atoms with Gasteiger partial charge in [-0.3, -0.25) is 14.4 Å². The lowest BCUT2D eigenvalue weighted by atomic mass is 9.96. The summed E-state index contributed by atoms with van der Waals surface area (Å²) < 4.78 is 33.3. The van der Waals surface area contributed by atoms with Crippen LogP contribution in [0.15, 0.2) is 11.8 Å². The molecule has 4 fully saturated rings. The van der Waals surface area contributed by atoms with Crippen molar-refractivity contribution in [1.82, 2.24) is 15.1 Å². The van der Waals surface area contributed by atoms with E-state index in [9.17, 15) is 32.4 Å². The topological polar surface area (TPSA) is 156 Å². The van der Waals surface area contributed by atoms with Gasteiger partial charge in [0, 0.05) is 10.4 Å². The largest absolute Gasteiger partial charge is 0.426 e. The zero-order valence-electron chi connectivity index (χ0n) is 20.8. The lowest BCUT2D eigenvalue weighted by Gasteiger charge is -2.44. The molecule has 0 spiro atoms. The molecule has 1 N–H and O–H groups in total. The molecule has 0 aliphatic carbocycles. The number of amides is 2. The Hall–Kier alpha value is -2.61. The highest BCUT2D eigenvalue weighted by molar-refractivity contribution is 8.01. The number of ether oxygens (including phenoxy) is 2. The van der Waals surface area contributed by atoms with Crippen molar-refractivity contribution < 1.29 is 41.9 Å². The van der Waals surface area contributed by atoms with Crippen molar-refractivity contribution in [2.75, 3.05) is 6.79 Å². The first kappa shape index (κ1) is 26.5. The summed E-state index contributed by atoms with van der Waals surface area (Å²) in [4.78, 5) is 64.2. The zero-order chi connectivity index (χ0) is 27.0. The monoisotopic (exact) mass is 543 g/mol. The highest BCUT2D eigenvalue weighted by Crippen LogP contribution is 2.51. The number of nitrogens with zero attached hydrogens (tertiary/aromatic N) is 2. The van der Waals surface area contributed by atoms with Crippen molar-refractivity contribution in [3.8, 4) is 0 Å². The lowest BCUT2D eigenvalue weighted by molar-refractivity contribution is -0.181. The molecule has 198 valence electrons. The van der Waals surface area contributed by atoms with Gasteiger partial charge in [0.2, 0.25) is 18.6 Å². The van der Waals surface area contributed by atoms with Gasteiger partial charge in [0.1, 0.15) is 28.9 Å². The third-order valence-electron chi connectivity index (χ3n) is 7.07. The predicted molar refractivity (Wildman–Crippen MR) is 127 cm³/mol. The molecule has 36 heavy (non-hydrogen) atoms. The number of carbonyl (C=O) groups is 5. The van der Waals surface area contributed by atoms with Crippen LogP contribution < -0.4 is 5.32 Å². The minimum Gasteiger partial charge on any atom is -0.426 e. The third-order valence-corrected chi connectivity index (χ3v) is 11.4. The number of sulfone groups is 1. The van der Waals surface area contributed by atoms with Gasteiger partial charge in [-0.15, -0.1) is 11.8 Å². The number of ketones is 1. The van der Waals surface area contributed by atoms with Crippen LogP contribution in [0.1, 0.15) is 48.0 Å². The molecule has 12 nitrogen and oxygen atoms in total. The summed E-state index contributed by atoms with van der Waals surface area (Å²) in [6.45, 7) is 8.59. The molecule has 4 aliphatic rings. The molecule has 4 aliphatic heterocycles. The van der Waals surface area contributed by atoms with Gasteiger partial charge in [-0.1, -0.05) is 0 Å². The van der Waals surface area contributed by atoms with Crippen LogP contribution in [0.5, 0.6) is 0 Å². The van der Waals surface area contributed by atoms with Crippen LogP contribution in [0.2, 0.25) is 0 Å². The van der Waals surface area contributed by atoms with Crippen molar-refractivity contribution in [3.05, 3.63) is 11.8 Å². The van der Waals surface area contributed by atoms with Gasteiger partial charge < -0.3 is 24.6 Å². The second kappa shape index (κ2) is 8.47. The second-order valence-electron chi connectivity index (χ2n) is 10.4. The van der Waals surface area contributed by atoms with Crippen molar-refractivity contribution in [1.29, 1.82) is 0 Å². The fourth-order valence-corrected chi connectivity index (χ4v) is 8.97. The summed E-state index contributed by atoms with van der Waals surface area (Å²) in [6, 6.07) is -2.89. The predicted octanol–water partition coefficient (Wildman–Crippen LogP) is -0.322. The molecular formula is C22H29N3O9S2. The Balaban J connectivity index is 1.38. The molecule has 0 bridgehead atoms. The molecule has 0 aromatic rings. The first-order chi connectivity index (χ1) is 16.5. The number of hydrogen-bond acceptors (Lipinski definition) is 11. The van der Waals surface area contributed by atoms with Crippen LogP contribution in [-0.2, 0) is 43.3 Å². The van der Waals surface area contributed by atoms with Crippen LogP contribution in [0.3, 0.4) is 0 Å². The van der Waals surface area contributed by atoms with Crippen molar-refractivity contribution in [2.45, 2.75) is 86.3 Å². The first-order valence-corrected chi connectivity index (χ1v) is 13.8. The number of rotatable bonds is 7. The quantitative estimate of drug-likeness (QED) is 0.194. The Morgan fingerprint density at radius 1 is 1.06 bits per heavy atom. The van der Waals surface area contributed by atoms with Crippen molar-refractivity contribution in [2.24, 2.45) is 0 Å². The van der Waals surface area contributed by atoms with Gasteiger partial charge in [-0.25, -0.2) is 18.0 Å². The molecule has 4 heterocycles. The normalized spacial score (nSPS) is 33.2. The number of nitrogens with one attached hydrogen (secondary N) is 1. The number of carbonyl (C=O) groups excluding carboxylic acids is 5. The Kier molecular flexibility index (Phi) is 6.22. The molecule has 0 saturated carbocycles. The average molecular weight is 544 g/mol. The summed E-state index contributed by atoms with van der Waals surface area (Å²) in [5.74, 6) is -2.71. The minimum atomic E-state index is -3.77. The van der Waals surface area contributed by atoms with Gasteiger partial charge >= 0.3 is 11.9 Å². The Bertz CT molecular complexity index is 1190. The second-order valence-corrected chi connectivity index (χ2v) is 14.8. The molecule has 14 heteroatoms. The zero-order valence-corrected chi connectivity index (χ0v) is 22.4. The molecule has 0 aromatic carbocycles. The average Bonchev–Trinajstić information content (AvgIpc) is 3.06. The maximum Gasteiger partial charge on any atom is 0.333 e. The van der Waals surface area contributed by atoms with E-state index in [2.05, 4.69) is 5.32 Å². The van der Waals surface area contributed by atoms with E-state index < -0.39 is 67.5 Å². The van der Waals surface area contributed by atoms with E-state index in [-0.39, 0.29) is 23.5 Å². The fraction of sp³-hybridized carbons (Fsp3) is 0.682. The van der Waals surface area contributed by atoms with Crippen molar-refractivity contribution in [3.63, 3.8) is 0 Å². The van der Waals surface area contributed by atoms with E-state index >= 15 is 0 Å². The fourth-order valence-electron chi connectivity index (χ4n) is 5.23. The van der Waals surface area contributed by atoms with Crippen molar-refractivity contribution >= 4 is 51.1 Å². The SMILES string of the molecule is CC(=O)C=C(C)N[C@@H]1C(=O)N2[C@@H]1SC(C)(C)[C@@H]2C(=O)OCOC(=O)[C@@H]1N2C(=O)C[C@H]2S(=O)(=O)C1(C)C. The van der Waals surface area contributed by atoms with Gasteiger partial charge in [0.15, 0.2) is 15.6 Å². The van der Waals surface area contributed by atoms with E-state index in [0.717, 1.165) is 4.90 Å². The van der Waals surface area contributed by atoms with Crippen LogP contribution in [-0.4, -0.2) is 92.9 Å². The van der Waals surface area contributed by atoms with E-state index in [4.69, 9.17) is 9.47 Å². The smallest absolute Gasteiger partial charge is 0.333 e. The molecule has 4 saturated heterocycles. The molecular weight excluding hydrogens is 514 g/mol. The van der Waals surface area contributed by atoms with Gasteiger partial charge in [-0.2, -0.15) is 0 Å². The van der Waals surface area contributed by atoms with Crippen LogP contribution in [0.25, 0.3) is 0 Å². The molecule has 2 amide bonds. The number of fused-ring (bicyclic) bond motifs is 2. The minimum absolute atomic E-state index is 0.161. The number of β-lactam (4-membered cyclic amide) rings is 2. The van der Waals surface area contributed by atoms with Crippen LogP contribution in [0, 0.1) is 0 Å². The van der Waals surface area contributed by atoms with Gasteiger partial charge in [-0.05, 0) is 47.6 Å². The number of thioether (sulfide) groups is 1. The number of esters is 2. The number of allylic oxidation sites excluding steroid dienone is 2. The van der Waals surface area contributed by atoms with Gasteiger partial charge in [0.05, 0.1) is 11.2 Å². The summed E-state index contributed by atoms with van der Waals surface area (Å²) in [5, 5.41) is 1.60. The summed E-state index contributed by atoms with van der Waals surface area (Å²) in [5.41, 5.74) is 0.539. The maximum atomic E-state index is 12.9. The van der Waals surface area contributed by atoms with Crippen LogP contribution in [0.4, 0.5) is 0 Å². The highest BCUT2D eigenvalue weighted by atomic mass is 32.2. The third kappa shape index (κ3) is 3.80. The van der Waals surface area contributed by atoms with E-state index in [1.54, 1.807) is 20.8 Å². The van der Waals surface area contributed by atoms with E-state index in [0.29, 0.717) is 5.70 Å². The highest BCUT2D eigenvalue weighted by Gasteiger charge is 2.68. The first-order valence-electron chi connectivity index (χ1n) is 11.4. The summed E-state index contributed by atoms with van der Waals surface area (Å²) in [6.07, 6.45) is 1.21. The molecule has 0 aromatic heterocycles. The summed E-state index contributed by atoms with van der Waals surface area (Å²) in [7, 11) is -3.77. The summed E-state index contributed by atoms with van der Waals surface area (Å²) >= 11 is 1.41. The molecule has 0 unspecified atom stereocenters. The standard InChI is InChI=1S/C22H29N3O9S2/c1-10(7-11(2)26)23-14-17(28)25-15(21(3,4)35-18(14)25)19(29)33-9-34-20(30)16-22(5,6)36(31,32)13-8-12(27)24(13)16/h7,13-16,18,23H,8-9H2,1-6H3/t13-,14-,15+,16+,18-/m1/s1. The molecule has 5 atom stereocenters. The van der Waals surface area contributed by atoms with Gasteiger partial charge in [0.25, 0.3) is 0 Å². The number of hydrogen-bond donors (Lipinski definition) is 1. The lowest BCUT2D eigenvalue weighted by Crippen LogP contribution is -2.69. The Labute approximate surface area is 213 Å². The maximum absolute atomic E-state index is 12.9. The van der Waals surface area contributed by atoms with Crippen LogP contribution >= 0.6 is 11.8 Å². The Morgan fingerprint density at radius 3 is 2.19 bits per heavy atom. The van der Waals surface area contributed by atoms with E-state index in [1.165, 1.54) is 43.5 Å².